The molecule has 2 unspecified atom stereocenters. The van der Waals surface area contributed by atoms with Gasteiger partial charge in [0.1, 0.15) is 0 Å². The van der Waals surface area contributed by atoms with Crippen LogP contribution in [0, 0.1) is 0 Å². The number of carboxylic acids is 1. The summed E-state index contributed by atoms with van der Waals surface area (Å²) in [4.78, 5) is 25.9. The molecule has 3 rings (SSSR count). The highest BCUT2D eigenvalue weighted by atomic mass is 35.5. The maximum Gasteiger partial charge on any atom is 0.335 e. The minimum atomic E-state index is -0.954. The Labute approximate surface area is 175 Å². The number of nitrogens with one attached hydrogen (secondary N) is 1. The number of rotatable bonds is 6. The average Bonchev–Trinajstić information content (AvgIpc) is 2.67. The maximum atomic E-state index is 12.9. The van der Waals surface area contributed by atoms with Crippen LogP contribution in [0.5, 0.6) is 0 Å². The van der Waals surface area contributed by atoms with Crippen LogP contribution in [0.2, 0.25) is 5.02 Å². The van der Waals surface area contributed by atoms with Gasteiger partial charge in [0.05, 0.1) is 23.3 Å². The van der Waals surface area contributed by atoms with E-state index in [1.54, 1.807) is 36.4 Å². The first-order chi connectivity index (χ1) is 13.8. The molecule has 1 amide bonds. The highest BCUT2D eigenvalue weighted by Crippen LogP contribution is 2.27. The SMILES string of the molecule is CC1CN(c2ccc(Cl)cc2C(=O)NCCc2ccc(C(=O)O)cc2)CC(C)O1. The molecule has 0 aliphatic carbocycles. The third-order valence-electron chi connectivity index (χ3n) is 4.86. The largest absolute Gasteiger partial charge is 0.478 e. The number of benzene rings is 2. The number of aromatic carboxylic acids is 1. The van der Waals surface area contributed by atoms with Crippen molar-refractivity contribution in [2.75, 3.05) is 24.5 Å². The van der Waals surface area contributed by atoms with Gasteiger partial charge in [-0.1, -0.05) is 23.7 Å². The number of carbonyl (C=O) groups excluding carboxylic acids is 1. The van der Waals surface area contributed by atoms with Crippen molar-refractivity contribution < 1.29 is 19.4 Å². The second-order valence-electron chi connectivity index (χ2n) is 7.33. The summed E-state index contributed by atoms with van der Waals surface area (Å²) in [5.74, 6) is -1.14. The molecule has 1 aliphatic heterocycles. The summed E-state index contributed by atoms with van der Waals surface area (Å²) in [6.07, 6.45) is 0.769. The Bertz CT molecular complexity index is 875. The van der Waals surface area contributed by atoms with E-state index in [4.69, 9.17) is 21.4 Å². The summed E-state index contributed by atoms with van der Waals surface area (Å²) < 4.78 is 5.79. The molecule has 2 aromatic carbocycles. The number of morpholine rings is 1. The zero-order chi connectivity index (χ0) is 21.0. The number of amides is 1. The van der Waals surface area contributed by atoms with Crippen LogP contribution in [0.3, 0.4) is 0 Å². The lowest BCUT2D eigenvalue weighted by Gasteiger charge is -2.37. The van der Waals surface area contributed by atoms with Crippen LogP contribution in [-0.2, 0) is 11.2 Å². The molecule has 1 aliphatic rings. The van der Waals surface area contributed by atoms with Gasteiger partial charge in [-0.2, -0.15) is 0 Å². The standard InChI is InChI=1S/C22H25ClN2O4/c1-14-12-25(13-15(2)29-14)20-8-7-18(23)11-19(20)21(26)24-10-9-16-3-5-17(6-4-16)22(27)28/h3-8,11,14-15H,9-10,12-13H2,1-2H3,(H,24,26)(H,27,28). The van der Waals surface area contributed by atoms with E-state index < -0.39 is 5.97 Å². The van der Waals surface area contributed by atoms with Gasteiger partial charge >= 0.3 is 5.97 Å². The Morgan fingerprint density at radius 2 is 1.79 bits per heavy atom. The van der Waals surface area contributed by atoms with E-state index in [2.05, 4.69) is 10.2 Å². The van der Waals surface area contributed by atoms with Crippen molar-refractivity contribution in [1.82, 2.24) is 5.32 Å². The molecule has 1 heterocycles. The molecule has 1 saturated heterocycles. The molecule has 7 heteroatoms. The number of ether oxygens (including phenoxy) is 1. The molecule has 0 saturated carbocycles. The second kappa shape index (κ2) is 9.29. The third kappa shape index (κ3) is 5.49. The Morgan fingerprint density at radius 1 is 1.14 bits per heavy atom. The number of carboxylic acid groups (broad SMARTS) is 1. The van der Waals surface area contributed by atoms with E-state index in [1.165, 1.54) is 0 Å². The lowest BCUT2D eigenvalue weighted by Crippen LogP contribution is -2.46. The zero-order valence-electron chi connectivity index (χ0n) is 16.5. The molecule has 29 heavy (non-hydrogen) atoms. The highest BCUT2D eigenvalue weighted by Gasteiger charge is 2.25. The number of hydrogen-bond acceptors (Lipinski definition) is 4. The predicted octanol–water partition coefficient (Wildman–Crippen LogP) is 3.62. The Morgan fingerprint density at radius 3 is 2.41 bits per heavy atom. The molecule has 2 N–H and O–H groups in total. The van der Waals surface area contributed by atoms with Crippen molar-refractivity contribution in [2.45, 2.75) is 32.5 Å². The maximum absolute atomic E-state index is 12.9. The fraction of sp³-hybridized carbons (Fsp3) is 0.364. The molecule has 0 radical (unpaired) electrons. The van der Waals surface area contributed by atoms with Crippen molar-refractivity contribution in [2.24, 2.45) is 0 Å². The van der Waals surface area contributed by atoms with Crippen molar-refractivity contribution in [3.8, 4) is 0 Å². The van der Waals surface area contributed by atoms with Crippen LogP contribution >= 0.6 is 11.6 Å². The molecule has 154 valence electrons. The van der Waals surface area contributed by atoms with Crippen LogP contribution in [-0.4, -0.2) is 48.8 Å². The van der Waals surface area contributed by atoms with E-state index in [-0.39, 0.29) is 23.7 Å². The third-order valence-corrected chi connectivity index (χ3v) is 5.10. The van der Waals surface area contributed by atoms with E-state index >= 15 is 0 Å². The van der Waals surface area contributed by atoms with E-state index in [0.717, 1.165) is 11.3 Å². The smallest absolute Gasteiger partial charge is 0.335 e. The van der Waals surface area contributed by atoms with Gasteiger partial charge in [0.15, 0.2) is 0 Å². The van der Waals surface area contributed by atoms with Gasteiger partial charge in [0.25, 0.3) is 5.91 Å². The van der Waals surface area contributed by atoms with Crippen LogP contribution in [0.25, 0.3) is 0 Å². The average molecular weight is 417 g/mol. The van der Waals surface area contributed by atoms with Crippen LogP contribution in [0.15, 0.2) is 42.5 Å². The Kier molecular flexibility index (Phi) is 6.77. The monoisotopic (exact) mass is 416 g/mol. The second-order valence-corrected chi connectivity index (χ2v) is 7.77. The van der Waals surface area contributed by atoms with Crippen molar-refractivity contribution in [3.05, 3.63) is 64.2 Å². The summed E-state index contributed by atoms with van der Waals surface area (Å²) in [6, 6.07) is 12.0. The molecule has 2 atom stereocenters. The summed E-state index contributed by atoms with van der Waals surface area (Å²) in [6.45, 7) is 5.90. The van der Waals surface area contributed by atoms with Crippen molar-refractivity contribution in [1.29, 1.82) is 0 Å². The fourth-order valence-electron chi connectivity index (χ4n) is 3.57. The van der Waals surface area contributed by atoms with Gasteiger partial charge < -0.3 is 20.1 Å². The summed E-state index contributed by atoms with van der Waals surface area (Å²) in [5.41, 5.74) is 2.59. The van der Waals surface area contributed by atoms with Gasteiger partial charge in [-0.3, -0.25) is 4.79 Å². The number of anilines is 1. The Hall–Kier alpha value is -2.57. The molecule has 0 bridgehead atoms. The normalized spacial score (nSPS) is 19.1. The molecule has 0 aromatic heterocycles. The summed E-state index contributed by atoms with van der Waals surface area (Å²) in [5, 5.41) is 12.4. The minimum absolute atomic E-state index is 0.0825. The van der Waals surface area contributed by atoms with E-state index in [9.17, 15) is 9.59 Å². The number of carbonyl (C=O) groups is 2. The Balaban J connectivity index is 1.67. The van der Waals surface area contributed by atoms with Gasteiger partial charge in [0.2, 0.25) is 0 Å². The first kappa shape index (κ1) is 21.1. The number of nitrogens with zero attached hydrogens (tertiary/aromatic N) is 1. The molecule has 6 nitrogen and oxygen atoms in total. The first-order valence-corrected chi connectivity index (χ1v) is 10.0. The minimum Gasteiger partial charge on any atom is -0.478 e. The lowest BCUT2D eigenvalue weighted by molar-refractivity contribution is -0.00527. The summed E-state index contributed by atoms with van der Waals surface area (Å²) >= 11 is 6.16. The number of halogens is 1. The predicted molar refractivity (Wildman–Crippen MR) is 113 cm³/mol. The van der Waals surface area contributed by atoms with Gasteiger partial charge in [-0.15, -0.1) is 0 Å². The highest BCUT2D eigenvalue weighted by molar-refractivity contribution is 6.31. The quantitative estimate of drug-likeness (QED) is 0.751. The lowest BCUT2D eigenvalue weighted by atomic mass is 10.1. The van der Waals surface area contributed by atoms with E-state index in [1.807, 2.05) is 19.9 Å². The van der Waals surface area contributed by atoms with Gasteiger partial charge in [-0.25, -0.2) is 4.79 Å². The van der Waals surface area contributed by atoms with E-state index in [0.29, 0.717) is 36.6 Å². The van der Waals surface area contributed by atoms with Crippen molar-refractivity contribution >= 4 is 29.2 Å². The molecular weight excluding hydrogens is 392 g/mol. The molecular formula is C22H25ClN2O4. The summed E-state index contributed by atoms with van der Waals surface area (Å²) in [7, 11) is 0. The van der Waals surface area contributed by atoms with Crippen LogP contribution in [0.1, 0.15) is 40.1 Å². The molecule has 2 aromatic rings. The van der Waals surface area contributed by atoms with Gasteiger partial charge in [0, 0.05) is 30.3 Å². The zero-order valence-corrected chi connectivity index (χ0v) is 17.3. The first-order valence-electron chi connectivity index (χ1n) is 9.64. The fourth-order valence-corrected chi connectivity index (χ4v) is 3.74. The number of hydrogen-bond donors (Lipinski definition) is 2. The van der Waals surface area contributed by atoms with Crippen molar-refractivity contribution in [3.63, 3.8) is 0 Å². The van der Waals surface area contributed by atoms with Crippen LogP contribution < -0.4 is 10.2 Å². The van der Waals surface area contributed by atoms with Gasteiger partial charge in [-0.05, 0) is 56.2 Å². The van der Waals surface area contributed by atoms with Crippen LogP contribution in [0.4, 0.5) is 5.69 Å². The topological polar surface area (TPSA) is 78.9 Å². The molecule has 1 fully saturated rings. The molecule has 0 spiro atoms.